The maximum absolute atomic E-state index is 13.0. The summed E-state index contributed by atoms with van der Waals surface area (Å²) < 4.78 is 36.4. The molecule has 1 aromatic rings. The Morgan fingerprint density at radius 2 is 1.89 bits per heavy atom. The fourth-order valence-corrected chi connectivity index (χ4v) is 2.21. The van der Waals surface area contributed by atoms with E-state index in [1.807, 2.05) is 0 Å². The normalized spacial score (nSPS) is 19.3. The summed E-state index contributed by atoms with van der Waals surface area (Å²) in [6, 6.07) is 3.05. The zero-order chi connectivity index (χ0) is 12.8. The lowest BCUT2D eigenvalue weighted by atomic mass is 9.99. The van der Waals surface area contributed by atoms with Gasteiger partial charge in [0.2, 0.25) is 6.79 Å². The Bertz CT molecular complexity index is 472. The summed E-state index contributed by atoms with van der Waals surface area (Å²) >= 11 is 0. The molecule has 0 radical (unpaired) electrons. The van der Waals surface area contributed by atoms with Crippen molar-refractivity contribution in [1.29, 1.82) is 0 Å². The molecule has 0 unspecified atom stereocenters. The number of alkyl halides is 2. The molecule has 0 atom stereocenters. The molecule has 1 aliphatic carbocycles. The second-order valence-corrected chi connectivity index (χ2v) is 5.07. The van der Waals surface area contributed by atoms with Gasteiger partial charge >= 0.3 is 0 Å². The van der Waals surface area contributed by atoms with Gasteiger partial charge in [0.1, 0.15) is 0 Å². The molecular formula is C13H15F2NO2. The van der Waals surface area contributed by atoms with E-state index in [0.717, 1.165) is 19.3 Å². The van der Waals surface area contributed by atoms with Crippen LogP contribution in [0.4, 0.5) is 8.78 Å². The minimum atomic E-state index is -2.50. The molecule has 18 heavy (non-hydrogen) atoms. The molecule has 1 heterocycles. The molecule has 3 rings (SSSR count). The van der Waals surface area contributed by atoms with E-state index >= 15 is 0 Å². The van der Waals surface area contributed by atoms with Crippen LogP contribution < -0.4 is 15.2 Å². The largest absolute Gasteiger partial charge is 0.454 e. The molecule has 1 aliphatic heterocycles. The number of hydrogen-bond donors (Lipinski definition) is 1. The van der Waals surface area contributed by atoms with Crippen LogP contribution in [0.1, 0.15) is 36.8 Å². The predicted molar refractivity (Wildman–Crippen MR) is 62.0 cm³/mol. The Kier molecular flexibility index (Phi) is 2.66. The van der Waals surface area contributed by atoms with Gasteiger partial charge in [0.25, 0.3) is 6.43 Å². The number of rotatable bonds is 4. The van der Waals surface area contributed by atoms with E-state index in [0.29, 0.717) is 23.5 Å². The number of fused-ring (bicyclic) bond motifs is 1. The summed E-state index contributed by atoms with van der Waals surface area (Å²) in [5.74, 6) is 0.958. The highest BCUT2D eigenvalue weighted by atomic mass is 19.3. The molecule has 0 amide bonds. The fraction of sp³-hybridized carbons (Fsp3) is 0.538. The molecule has 0 saturated heterocycles. The smallest absolute Gasteiger partial charge is 0.264 e. The average molecular weight is 255 g/mol. The van der Waals surface area contributed by atoms with Crippen LogP contribution in [0.2, 0.25) is 0 Å². The quantitative estimate of drug-likeness (QED) is 0.899. The number of benzene rings is 1. The van der Waals surface area contributed by atoms with E-state index in [4.69, 9.17) is 15.2 Å². The van der Waals surface area contributed by atoms with Crippen molar-refractivity contribution in [2.24, 2.45) is 5.73 Å². The van der Waals surface area contributed by atoms with Gasteiger partial charge in [0.15, 0.2) is 11.5 Å². The lowest BCUT2D eigenvalue weighted by Crippen LogP contribution is -2.22. The summed E-state index contributed by atoms with van der Waals surface area (Å²) in [5, 5.41) is 0. The minimum absolute atomic E-state index is 0.0310. The number of hydrogen-bond acceptors (Lipinski definition) is 3. The second kappa shape index (κ2) is 4.09. The van der Waals surface area contributed by atoms with Crippen LogP contribution >= 0.6 is 0 Å². The van der Waals surface area contributed by atoms with Crippen LogP contribution in [-0.4, -0.2) is 12.3 Å². The third-order valence-corrected chi connectivity index (χ3v) is 3.65. The first-order valence-electron chi connectivity index (χ1n) is 6.07. The van der Waals surface area contributed by atoms with Crippen LogP contribution in [-0.2, 0) is 6.42 Å². The Hall–Kier alpha value is -1.36. The van der Waals surface area contributed by atoms with Gasteiger partial charge in [-0.05, 0) is 43.4 Å². The molecule has 2 aliphatic rings. The highest BCUT2D eigenvalue weighted by Crippen LogP contribution is 2.41. The summed E-state index contributed by atoms with van der Waals surface area (Å²) in [6.07, 6.45) is 0.782. The van der Waals surface area contributed by atoms with Crippen LogP contribution in [0.15, 0.2) is 12.1 Å². The first kappa shape index (κ1) is 11.7. The number of aryl methyl sites for hydroxylation is 1. The van der Waals surface area contributed by atoms with Crippen molar-refractivity contribution in [3.05, 3.63) is 23.3 Å². The van der Waals surface area contributed by atoms with Crippen molar-refractivity contribution in [3.63, 3.8) is 0 Å². The highest BCUT2D eigenvalue weighted by Gasteiger charge is 2.37. The van der Waals surface area contributed by atoms with Crippen LogP contribution in [0.3, 0.4) is 0 Å². The molecule has 98 valence electrons. The number of ether oxygens (including phenoxy) is 2. The standard InChI is InChI=1S/C13H15F2NO2/c14-12(15)9-6-11-10(17-7-18-11)5-8(9)1-2-13(16)3-4-13/h5-6,12H,1-4,7,16H2. The monoisotopic (exact) mass is 255 g/mol. The molecule has 1 saturated carbocycles. The average Bonchev–Trinajstić information content (AvgIpc) is 2.90. The predicted octanol–water partition coefficient (Wildman–Crippen LogP) is 2.78. The number of nitrogens with two attached hydrogens (primary N) is 1. The highest BCUT2D eigenvalue weighted by molar-refractivity contribution is 5.49. The lowest BCUT2D eigenvalue weighted by Gasteiger charge is -2.13. The molecular weight excluding hydrogens is 240 g/mol. The zero-order valence-electron chi connectivity index (χ0n) is 9.92. The van der Waals surface area contributed by atoms with E-state index in [-0.39, 0.29) is 17.9 Å². The molecule has 0 bridgehead atoms. The van der Waals surface area contributed by atoms with Crippen molar-refractivity contribution >= 4 is 0 Å². The van der Waals surface area contributed by atoms with Gasteiger partial charge in [-0.15, -0.1) is 0 Å². The topological polar surface area (TPSA) is 44.5 Å². The Balaban J connectivity index is 1.86. The fourth-order valence-electron chi connectivity index (χ4n) is 2.21. The molecule has 5 heteroatoms. The van der Waals surface area contributed by atoms with Gasteiger partial charge < -0.3 is 15.2 Å². The van der Waals surface area contributed by atoms with Crippen LogP contribution in [0.25, 0.3) is 0 Å². The van der Waals surface area contributed by atoms with Crippen molar-refractivity contribution in [1.82, 2.24) is 0 Å². The van der Waals surface area contributed by atoms with Gasteiger partial charge in [-0.2, -0.15) is 0 Å². The van der Waals surface area contributed by atoms with Gasteiger partial charge in [-0.25, -0.2) is 8.78 Å². The van der Waals surface area contributed by atoms with E-state index < -0.39 is 6.43 Å². The third-order valence-electron chi connectivity index (χ3n) is 3.65. The van der Waals surface area contributed by atoms with E-state index in [2.05, 4.69) is 0 Å². The SMILES string of the molecule is NC1(CCc2cc3c(cc2C(F)F)OCO3)CC1. The summed E-state index contributed by atoms with van der Waals surface area (Å²) in [4.78, 5) is 0. The molecule has 3 nitrogen and oxygen atoms in total. The van der Waals surface area contributed by atoms with E-state index in [1.165, 1.54) is 6.07 Å². The Morgan fingerprint density at radius 1 is 1.22 bits per heavy atom. The van der Waals surface area contributed by atoms with Crippen molar-refractivity contribution < 1.29 is 18.3 Å². The van der Waals surface area contributed by atoms with E-state index in [1.54, 1.807) is 6.07 Å². The lowest BCUT2D eigenvalue weighted by molar-refractivity contribution is 0.149. The molecule has 2 N–H and O–H groups in total. The van der Waals surface area contributed by atoms with Crippen molar-refractivity contribution in [2.75, 3.05) is 6.79 Å². The van der Waals surface area contributed by atoms with Crippen molar-refractivity contribution in [3.8, 4) is 11.5 Å². The number of halogens is 2. The first-order chi connectivity index (χ1) is 8.57. The summed E-state index contributed by atoms with van der Waals surface area (Å²) in [6.45, 7) is 0.0995. The van der Waals surface area contributed by atoms with E-state index in [9.17, 15) is 8.78 Å². The second-order valence-electron chi connectivity index (χ2n) is 5.07. The molecule has 1 fully saturated rings. The Morgan fingerprint density at radius 3 is 2.50 bits per heavy atom. The zero-order valence-corrected chi connectivity index (χ0v) is 9.92. The van der Waals surface area contributed by atoms with Crippen LogP contribution in [0.5, 0.6) is 11.5 Å². The van der Waals surface area contributed by atoms with Gasteiger partial charge in [-0.3, -0.25) is 0 Å². The van der Waals surface area contributed by atoms with Gasteiger partial charge in [0, 0.05) is 11.1 Å². The molecule has 1 aromatic carbocycles. The van der Waals surface area contributed by atoms with Crippen LogP contribution in [0, 0.1) is 0 Å². The summed E-state index contributed by atoms with van der Waals surface area (Å²) in [7, 11) is 0. The maximum Gasteiger partial charge on any atom is 0.264 e. The van der Waals surface area contributed by atoms with Gasteiger partial charge in [-0.1, -0.05) is 0 Å². The molecule has 0 aromatic heterocycles. The first-order valence-corrected chi connectivity index (χ1v) is 6.07. The van der Waals surface area contributed by atoms with Gasteiger partial charge in [0.05, 0.1) is 0 Å². The van der Waals surface area contributed by atoms with Crippen molar-refractivity contribution in [2.45, 2.75) is 37.6 Å². The molecule has 0 spiro atoms. The third kappa shape index (κ3) is 2.14. The minimum Gasteiger partial charge on any atom is -0.454 e. The maximum atomic E-state index is 13.0. The summed E-state index contributed by atoms with van der Waals surface area (Å²) in [5.41, 5.74) is 6.51. The Labute approximate surface area is 104 Å².